The largest absolute Gasteiger partial charge is 0.364 e. The average Bonchev–Trinajstić information content (AvgIpc) is 2.53. The highest BCUT2D eigenvalue weighted by molar-refractivity contribution is 7.89. The minimum atomic E-state index is -3.69. The summed E-state index contributed by atoms with van der Waals surface area (Å²) in [5.41, 5.74) is 0.972. The van der Waals surface area contributed by atoms with Crippen molar-refractivity contribution in [2.45, 2.75) is 37.6 Å². The van der Waals surface area contributed by atoms with E-state index in [9.17, 15) is 13.2 Å². The van der Waals surface area contributed by atoms with E-state index in [1.54, 1.807) is 24.3 Å². The summed E-state index contributed by atoms with van der Waals surface area (Å²) in [5.74, 6) is 0.282. The Hall–Kier alpha value is -2.52. The highest BCUT2D eigenvalue weighted by Crippen LogP contribution is 2.11. The zero-order valence-electron chi connectivity index (χ0n) is 15.0. The lowest BCUT2D eigenvalue weighted by Gasteiger charge is -2.20. The molecule has 8 nitrogen and oxygen atoms in total. The van der Waals surface area contributed by atoms with E-state index in [2.05, 4.69) is 20.8 Å². The summed E-state index contributed by atoms with van der Waals surface area (Å²) >= 11 is 0. The molecule has 0 radical (unpaired) electrons. The van der Waals surface area contributed by atoms with Crippen LogP contribution in [0.4, 0.5) is 5.82 Å². The molecule has 140 valence electrons. The lowest BCUT2D eigenvalue weighted by Crippen LogP contribution is -2.28. The van der Waals surface area contributed by atoms with Crippen molar-refractivity contribution in [3.05, 3.63) is 47.7 Å². The molecule has 0 saturated heterocycles. The van der Waals surface area contributed by atoms with Crippen LogP contribution < -0.4 is 15.8 Å². The molecular formula is C17H23N5O3S. The predicted molar refractivity (Wildman–Crippen MR) is 99.3 cm³/mol. The number of primary sulfonamides is 1. The first-order chi connectivity index (χ1) is 12.0. The number of sulfonamides is 1. The molecule has 0 fully saturated rings. The first-order valence-electron chi connectivity index (χ1n) is 8.06. The molecule has 2 rings (SSSR count). The van der Waals surface area contributed by atoms with Gasteiger partial charge in [-0.1, -0.05) is 12.1 Å². The zero-order chi connectivity index (χ0) is 19.4. The number of rotatable bonds is 6. The number of carbonyl (C=O) groups is 1. The first kappa shape index (κ1) is 19.8. The van der Waals surface area contributed by atoms with Crippen molar-refractivity contribution < 1.29 is 13.2 Å². The Kier molecular flexibility index (Phi) is 5.94. The number of hydrogen-bond acceptors (Lipinski definition) is 6. The summed E-state index contributed by atoms with van der Waals surface area (Å²) in [7, 11) is -3.69. The van der Waals surface area contributed by atoms with Gasteiger partial charge in [-0.2, -0.15) is 0 Å². The van der Waals surface area contributed by atoms with Gasteiger partial charge in [0.2, 0.25) is 10.0 Å². The Balaban J connectivity index is 1.87. The fraction of sp³-hybridized carbons (Fsp3) is 0.353. The molecule has 0 saturated carbocycles. The molecule has 1 amide bonds. The predicted octanol–water partition coefficient (Wildman–Crippen LogP) is 1.31. The van der Waals surface area contributed by atoms with Crippen LogP contribution in [-0.4, -0.2) is 36.6 Å². The van der Waals surface area contributed by atoms with Crippen molar-refractivity contribution in [3.63, 3.8) is 0 Å². The van der Waals surface area contributed by atoms with Gasteiger partial charge in [0, 0.05) is 12.1 Å². The fourth-order valence-corrected chi connectivity index (χ4v) is 2.68. The zero-order valence-corrected chi connectivity index (χ0v) is 15.8. The van der Waals surface area contributed by atoms with Crippen molar-refractivity contribution in [3.8, 4) is 0 Å². The van der Waals surface area contributed by atoms with E-state index in [-0.39, 0.29) is 22.0 Å². The Morgan fingerprint density at radius 2 is 1.73 bits per heavy atom. The lowest BCUT2D eigenvalue weighted by molar-refractivity contribution is 0.0948. The first-order valence-corrected chi connectivity index (χ1v) is 9.61. The van der Waals surface area contributed by atoms with Crippen molar-refractivity contribution in [2.24, 2.45) is 5.14 Å². The topological polar surface area (TPSA) is 127 Å². The van der Waals surface area contributed by atoms with Crippen LogP contribution in [0.15, 0.2) is 41.3 Å². The second kappa shape index (κ2) is 7.79. The maximum Gasteiger partial charge on any atom is 0.271 e. The molecule has 0 aliphatic heterocycles. The van der Waals surface area contributed by atoms with E-state index in [0.717, 1.165) is 5.56 Å². The van der Waals surface area contributed by atoms with Crippen molar-refractivity contribution in [1.29, 1.82) is 0 Å². The number of nitrogens with one attached hydrogen (secondary N) is 2. The van der Waals surface area contributed by atoms with Crippen molar-refractivity contribution in [1.82, 2.24) is 15.5 Å². The Morgan fingerprint density at radius 3 is 2.23 bits per heavy atom. The molecule has 0 aliphatic rings. The summed E-state index contributed by atoms with van der Waals surface area (Å²) in [5, 5.41) is 18.9. The highest BCUT2D eigenvalue weighted by atomic mass is 32.2. The Bertz CT molecular complexity index is 857. The third kappa shape index (κ3) is 6.08. The number of hydrogen-bond donors (Lipinski definition) is 3. The molecule has 2 aromatic rings. The van der Waals surface area contributed by atoms with Gasteiger partial charge in [-0.3, -0.25) is 4.79 Å². The number of nitrogens with two attached hydrogens (primary N) is 1. The number of nitrogens with zero attached hydrogens (tertiary/aromatic N) is 2. The molecule has 0 atom stereocenters. The van der Waals surface area contributed by atoms with Gasteiger partial charge in [-0.15, -0.1) is 10.2 Å². The van der Waals surface area contributed by atoms with Crippen LogP contribution in [0.5, 0.6) is 0 Å². The molecule has 0 aliphatic carbocycles. The molecule has 1 aromatic carbocycles. The molecule has 4 N–H and O–H groups in total. The van der Waals surface area contributed by atoms with Gasteiger partial charge in [0.15, 0.2) is 5.69 Å². The monoisotopic (exact) mass is 377 g/mol. The second-order valence-electron chi connectivity index (χ2n) is 6.87. The molecule has 26 heavy (non-hydrogen) atoms. The molecule has 1 heterocycles. The van der Waals surface area contributed by atoms with Crippen molar-refractivity contribution in [2.75, 3.05) is 11.9 Å². The number of amides is 1. The Labute approximate surface area is 153 Å². The molecule has 1 aromatic heterocycles. The summed E-state index contributed by atoms with van der Waals surface area (Å²) < 4.78 is 22.4. The van der Waals surface area contributed by atoms with Gasteiger partial charge in [-0.05, 0) is 57.0 Å². The van der Waals surface area contributed by atoms with E-state index in [1.807, 2.05) is 20.8 Å². The molecule has 9 heteroatoms. The van der Waals surface area contributed by atoms with E-state index < -0.39 is 10.0 Å². The van der Waals surface area contributed by atoms with E-state index in [0.29, 0.717) is 18.8 Å². The highest BCUT2D eigenvalue weighted by Gasteiger charge is 2.12. The third-order valence-corrected chi connectivity index (χ3v) is 4.28. The summed E-state index contributed by atoms with van der Waals surface area (Å²) in [6.07, 6.45) is 0.549. The molecule has 0 unspecified atom stereocenters. The summed E-state index contributed by atoms with van der Waals surface area (Å²) in [6.45, 7) is 6.40. The Morgan fingerprint density at radius 1 is 1.08 bits per heavy atom. The fourth-order valence-electron chi connectivity index (χ4n) is 2.16. The van der Waals surface area contributed by atoms with Gasteiger partial charge < -0.3 is 10.6 Å². The second-order valence-corrected chi connectivity index (χ2v) is 8.44. The van der Waals surface area contributed by atoms with Gasteiger partial charge in [-0.25, -0.2) is 13.6 Å². The maximum atomic E-state index is 12.1. The van der Waals surface area contributed by atoms with Crippen molar-refractivity contribution >= 4 is 21.7 Å². The normalized spacial score (nSPS) is 11.8. The van der Waals surface area contributed by atoms with E-state index in [1.165, 1.54) is 12.1 Å². The van der Waals surface area contributed by atoms with Crippen LogP contribution in [0, 0.1) is 0 Å². The van der Waals surface area contributed by atoms with Crippen LogP contribution in [0.25, 0.3) is 0 Å². The van der Waals surface area contributed by atoms with Crippen LogP contribution >= 0.6 is 0 Å². The molecule has 0 bridgehead atoms. The number of benzene rings is 1. The summed E-state index contributed by atoms with van der Waals surface area (Å²) in [6, 6.07) is 9.53. The molecule has 0 spiro atoms. The van der Waals surface area contributed by atoms with Gasteiger partial charge in [0.05, 0.1) is 4.90 Å². The minimum Gasteiger partial charge on any atom is -0.364 e. The number of carbonyl (C=O) groups excluding carboxylic acids is 1. The van der Waals surface area contributed by atoms with Gasteiger partial charge >= 0.3 is 0 Å². The number of aromatic nitrogens is 2. The van der Waals surface area contributed by atoms with Crippen LogP contribution in [0.3, 0.4) is 0 Å². The van der Waals surface area contributed by atoms with E-state index >= 15 is 0 Å². The maximum absolute atomic E-state index is 12.1. The van der Waals surface area contributed by atoms with E-state index in [4.69, 9.17) is 5.14 Å². The third-order valence-electron chi connectivity index (χ3n) is 3.35. The van der Waals surface area contributed by atoms with Crippen LogP contribution in [0.2, 0.25) is 0 Å². The van der Waals surface area contributed by atoms with Gasteiger partial charge in [0.25, 0.3) is 5.91 Å². The smallest absolute Gasteiger partial charge is 0.271 e. The van der Waals surface area contributed by atoms with Crippen LogP contribution in [0.1, 0.15) is 36.8 Å². The average molecular weight is 377 g/mol. The standard InChI is InChI=1S/C17H23N5O3S/c1-17(2,3)20-15-9-8-14(21-22-15)16(23)19-11-10-12-4-6-13(7-5-12)26(18,24)25/h4-9H,10-11H2,1-3H3,(H,19,23)(H,20,22)(H2,18,24,25). The van der Waals surface area contributed by atoms with Crippen LogP contribution in [-0.2, 0) is 16.4 Å². The molecular weight excluding hydrogens is 354 g/mol. The quantitative estimate of drug-likeness (QED) is 0.696. The SMILES string of the molecule is CC(C)(C)Nc1ccc(C(=O)NCCc2ccc(S(N)(=O)=O)cc2)nn1. The van der Waals surface area contributed by atoms with Gasteiger partial charge in [0.1, 0.15) is 5.82 Å². The number of anilines is 1. The minimum absolute atomic E-state index is 0.0597. The lowest BCUT2D eigenvalue weighted by atomic mass is 10.1. The summed E-state index contributed by atoms with van der Waals surface area (Å²) in [4.78, 5) is 12.1.